The number of Topliss-reactive ketones (excluding diaryl/α,β-unsaturated/α-hetero) is 1. The van der Waals surface area contributed by atoms with E-state index in [2.05, 4.69) is 16.3 Å². The number of likely N-dealkylation sites (N-methyl/N-ethyl adjacent to an activating group) is 1. The zero-order valence-corrected chi connectivity index (χ0v) is 20.8. The summed E-state index contributed by atoms with van der Waals surface area (Å²) in [7, 11) is 2.05. The second-order valence-corrected chi connectivity index (χ2v) is 10.6. The minimum Gasteiger partial charge on any atom is -0.336 e. The van der Waals surface area contributed by atoms with E-state index in [1.807, 2.05) is 36.2 Å². The van der Waals surface area contributed by atoms with Crippen LogP contribution in [0, 0.1) is 29.0 Å². The SMILES string of the molecule is CN1CCN(C(=O)c2cccc(-c3ccc(C[C@@H](C#N)CC(=O)[C@H]4N[C@@H]5CC[C@H]4C5)c(F)c3)c2)CC1. The molecule has 1 N–H and O–H groups in total. The van der Waals surface area contributed by atoms with Gasteiger partial charge in [0.15, 0.2) is 5.78 Å². The number of hydrogen-bond donors (Lipinski definition) is 1. The number of piperidine rings is 1. The first kappa shape index (κ1) is 24.6. The van der Waals surface area contributed by atoms with Crippen LogP contribution in [-0.4, -0.2) is 66.8 Å². The van der Waals surface area contributed by atoms with E-state index >= 15 is 4.39 Å². The molecule has 0 spiro atoms. The van der Waals surface area contributed by atoms with Gasteiger partial charge in [0, 0.05) is 44.2 Å². The highest BCUT2D eigenvalue weighted by Crippen LogP contribution is 2.36. The van der Waals surface area contributed by atoms with Crippen molar-refractivity contribution in [2.45, 2.75) is 44.2 Å². The van der Waals surface area contributed by atoms with Crippen molar-refractivity contribution in [3.63, 3.8) is 0 Å². The predicted molar refractivity (Wildman–Crippen MR) is 136 cm³/mol. The van der Waals surface area contributed by atoms with Crippen LogP contribution in [0.4, 0.5) is 4.39 Å². The quantitative estimate of drug-likeness (QED) is 0.644. The number of hydrogen-bond acceptors (Lipinski definition) is 5. The number of carbonyl (C=O) groups excluding carboxylic acids is 2. The molecule has 5 rings (SSSR count). The highest BCUT2D eigenvalue weighted by atomic mass is 19.1. The maximum atomic E-state index is 15.1. The van der Waals surface area contributed by atoms with E-state index in [0.717, 1.165) is 37.9 Å². The molecular weight excluding hydrogens is 455 g/mol. The summed E-state index contributed by atoms with van der Waals surface area (Å²) in [5.41, 5.74) is 2.48. The summed E-state index contributed by atoms with van der Waals surface area (Å²) in [5.74, 6) is -0.490. The molecule has 4 atom stereocenters. The number of nitrogens with one attached hydrogen (secondary N) is 1. The number of halogens is 1. The monoisotopic (exact) mass is 488 g/mol. The number of fused-ring (bicyclic) bond motifs is 2. The number of amides is 1. The van der Waals surface area contributed by atoms with Gasteiger partial charge in [-0.1, -0.05) is 24.3 Å². The van der Waals surface area contributed by atoms with Gasteiger partial charge >= 0.3 is 0 Å². The Morgan fingerprint density at radius 2 is 1.89 bits per heavy atom. The Labute approximate surface area is 212 Å². The number of ketones is 1. The van der Waals surface area contributed by atoms with Gasteiger partial charge in [-0.2, -0.15) is 5.26 Å². The Morgan fingerprint density at radius 3 is 2.56 bits per heavy atom. The number of nitriles is 1. The molecule has 0 radical (unpaired) electrons. The van der Waals surface area contributed by atoms with Crippen molar-refractivity contribution < 1.29 is 14.0 Å². The molecule has 7 heteroatoms. The van der Waals surface area contributed by atoms with E-state index in [1.165, 1.54) is 6.07 Å². The van der Waals surface area contributed by atoms with Crippen LogP contribution in [0.1, 0.15) is 41.6 Å². The molecule has 2 aromatic rings. The second-order valence-electron chi connectivity index (χ2n) is 10.6. The highest BCUT2D eigenvalue weighted by Gasteiger charge is 2.42. The number of carbonyl (C=O) groups is 2. The number of benzene rings is 2. The third-order valence-electron chi connectivity index (χ3n) is 8.09. The van der Waals surface area contributed by atoms with Gasteiger partial charge in [-0.25, -0.2) is 4.39 Å². The molecule has 2 bridgehead atoms. The summed E-state index contributed by atoms with van der Waals surface area (Å²) >= 11 is 0. The molecule has 1 saturated carbocycles. The normalized spacial score (nSPS) is 24.5. The van der Waals surface area contributed by atoms with Crippen LogP contribution >= 0.6 is 0 Å². The molecule has 3 aliphatic rings. The molecular formula is C29H33FN4O2. The first-order valence-electron chi connectivity index (χ1n) is 13.0. The molecule has 3 fully saturated rings. The van der Waals surface area contributed by atoms with Crippen molar-refractivity contribution >= 4 is 11.7 Å². The molecule has 2 aliphatic heterocycles. The Kier molecular flexibility index (Phi) is 7.17. The largest absolute Gasteiger partial charge is 0.336 e. The van der Waals surface area contributed by atoms with Crippen LogP contribution in [0.15, 0.2) is 42.5 Å². The predicted octanol–water partition coefficient (Wildman–Crippen LogP) is 3.66. The third kappa shape index (κ3) is 5.21. The molecule has 6 nitrogen and oxygen atoms in total. The van der Waals surface area contributed by atoms with Crippen LogP contribution < -0.4 is 5.32 Å². The third-order valence-corrected chi connectivity index (χ3v) is 8.09. The Bertz CT molecular complexity index is 1180. The van der Waals surface area contributed by atoms with E-state index < -0.39 is 11.7 Å². The minimum absolute atomic E-state index is 0.00598. The molecule has 1 aliphatic carbocycles. The van der Waals surface area contributed by atoms with Gasteiger partial charge in [0.1, 0.15) is 5.82 Å². The standard InChI is InChI=1S/C29H33FN4O2/c1-33-9-11-34(12-10-33)29(36)24-4-2-3-20(15-24)21-5-6-22(26(30)17-21)13-19(18-31)14-27(35)28-23-7-8-25(16-23)32-28/h2-6,15,17,19,23,25,28,32H,7-14,16H2,1H3/t19-,23+,25-,28+/m1/s1. The molecule has 1 amide bonds. The maximum Gasteiger partial charge on any atom is 0.253 e. The van der Waals surface area contributed by atoms with Gasteiger partial charge in [0.25, 0.3) is 5.91 Å². The fraction of sp³-hybridized carbons (Fsp3) is 0.483. The lowest BCUT2D eigenvalue weighted by Gasteiger charge is -2.32. The van der Waals surface area contributed by atoms with Gasteiger partial charge in [0.05, 0.1) is 18.0 Å². The smallest absolute Gasteiger partial charge is 0.253 e. The molecule has 0 aromatic heterocycles. The highest BCUT2D eigenvalue weighted by molar-refractivity contribution is 5.95. The van der Waals surface area contributed by atoms with Gasteiger partial charge in [0.2, 0.25) is 0 Å². The van der Waals surface area contributed by atoms with E-state index in [4.69, 9.17) is 0 Å². The van der Waals surface area contributed by atoms with Crippen molar-refractivity contribution in [3.8, 4) is 17.2 Å². The first-order valence-corrected chi connectivity index (χ1v) is 13.0. The molecule has 2 aromatic carbocycles. The summed E-state index contributed by atoms with van der Waals surface area (Å²) in [6.07, 6.45) is 3.60. The van der Waals surface area contributed by atoms with Crippen molar-refractivity contribution in [1.82, 2.24) is 15.1 Å². The van der Waals surface area contributed by atoms with Crippen LogP contribution in [0.2, 0.25) is 0 Å². The summed E-state index contributed by atoms with van der Waals surface area (Å²) in [6.45, 7) is 3.10. The van der Waals surface area contributed by atoms with E-state index in [-0.39, 0.29) is 30.6 Å². The van der Waals surface area contributed by atoms with Crippen LogP contribution in [0.25, 0.3) is 11.1 Å². The average molecular weight is 489 g/mol. The summed E-state index contributed by atoms with van der Waals surface area (Å²) < 4.78 is 15.1. The van der Waals surface area contributed by atoms with Crippen molar-refractivity contribution in [1.29, 1.82) is 5.26 Å². The number of piperazine rings is 1. The topological polar surface area (TPSA) is 76.4 Å². The van der Waals surface area contributed by atoms with Crippen molar-refractivity contribution in [3.05, 3.63) is 59.4 Å². The number of nitrogens with zero attached hydrogens (tertiary/aromatic N) is 3. The van der Waals surface area contributed by atoms with E-state index in [0.29, 0.717) is 41.7 Å². The lowest BCUT2D eigenvalue weighted by molar-refractivity contribution is -0.122. The van der Waals surface area contributed by atoms with Gasteiger partial charge in [-0.05, 0) is 73.5 Å². The van der Waals surface area contributed by atoms with Crippen molar-refractivity contribution in [2.24, 2.45) is 11.8 Å². The minimum atomic E-state index is -0.552. The summed E-state index contributed by atoms with van der Waals surface area (Å²) in [4.78, 5) is 29.8. The summed E-state index contributed by atoms with van der Waals surface area (Å²) in [6, 6.07) is 14.8. The average Bonchev–Trinajstić information content (AvgIpc) is 3.53. The lowest BCUT2D eigenvalue weighted by Crippen LogP contribution is -2.47. The number of rotatable bonds is 7. The second kappa shape index (κ2) is 10.5. The molecule has 36 heavy (non-hydrogen) atoms. The van der Waals surface area contributed by atoms with Crippen LogP contribution in [-0.2, 0) is 11.2 Å². The molecule has 2 heterocycles. The first-order chi connectivity index (χ1) is 17.4. The molecule has 188 valence electrons. The summed E-state index contributed by atoms with van der Waals surface area (Å²) in [5, 5.41) is 13.0. The Balaban J connectivity index is 1.25. The van der Waals surface area contributed by atoms with Crippen molar-refractivity contribution in [2.75, 3.05) is 33.2 Å². The van der Waals surface area contributed by atoms with Crippen LogP contribution in [0.3, 0.4) is 0 Å². The lowest BCUT2D eigenvalue weighted by atomic mass is 9.88. The molecule has 0 unspecified atom stereocenters. The van der Waals surface area contributed by atoms with E-state index in [9.17, 15) is 14.9 Å². The van der Waals surface area contributed by atoms with E-state index in [1.54, 1.807) is 12.1 Å². The molecule has 2 saturated heterocycles. The Morgan fingerprint density at radius 1 is 1.11 bits per heavy atom. The fourth-order valence-electron chi connectivity index (χ4n) is 5.93. The van der Waals surface area contributed by atoms with Gasteiger partial charge in [-0.3, -0.25) is 9.59 Å². The maximum absolute atomic E-state index is 15.1. The van der Waals surface area contributed by atoms with Crippen LogP contribution in [0.5, 0.6) is 0 Å². The zero-order valence-electron chi connectivity index (χ0n) is 20.8. The fourth-order valence-corrected chi connectivity index (χ4v) is 5.93. The van der Waals surface area contributed by atoms with Gasteiger partial charge in [-0.15, -0.1) is 0 Å². The Hall–Kier alpha value is -3.08. The van der Waals surface area contributed by atoms with Gasteiger partial charge < -0.3 is 15.1 Å². The zero-order chi connectivity index (χ0) is 25.2.